The van der Waals surface area contributed by atoms with Crippen LogP contribution < -0.4 is 10.6 Å². The fraction of sp³-hybridized carbons (Fsp3) is 0.714. The molecule has 0 saturated carbocycles. The summed E-state index contributed by atoms with van der Waals surface area (Å²) in [4.78, 5) is 8.85. The zero-order valence-corrected chi connectivity index (χ0v) is 10.9. The average Bonchev–Trinajstić information content (AvgIpc) is 2.46. The minimum atomic E-state index is 0.792. The van der Waals surface area contributed by atoms with Crippen LogP contribution in [0.25, 0.3) is 0 Å². The zero-order valence-electron chi connectivity index (χ0n) is 10.9. The van der Waals surface area contributed by atoms with Gasteiger partial charge >= 0.3 is 0 Å². The van der Waals surface area contributed by atoms with Crippen molar-refractivity contribution in [3.8, 4) is 0 Å². The van der Waals surface area contributed by atoms with Gasteiger partial charge < -0.3 is 10.6 Å². The average molecular weight is 246 g/mol. The lowest BCUT2D eigenvalue weighted by Gasteiger charge is -2.24. The summed E-state index contributed by atoms with van der Waals surface area (Å²) in [5.41, 5.74) is 2.64. The van der Waals surface area contributed by atoms with Crippen LogP contribution in [0.2, 0.25) is 0 Å². The first-order valence-corrected chi connectivity index (χ1v) is 7.21. The van der Waals surface area contributed by atoms with E-state index in [1.54, 1.807) is 6.33 Å². The number of hydrogen-bond donors (Lipinski definition) is 2. The normalized spacial score (nSPS) is 20.4. The molecule has 0 aromatic carbocycles. The highest BCUT2D eigenvalue weighted by molar-refractivity contribution is 5.46. The highest BCUT2D eigenvalue weighted by atomic mass is 15.0. The molecule has 0 amide bonds. The first-order chi connectivity index (χ1) is 8.93. The third kappa shape index (κ3) is 2.64. The molecule has 98 valence electrons. The fourth-order valence-corrected chi connectivity index (χ4v) is 3.00. The fourth-order valence-electron chi connectivity index (χ4n) is 3.00. The number of piperidine rings is 1. The maximum absolute atomic E-state index is 4.44. The van der Waals surface area contributed by atoms with Crippen molar-refractivity contribution in [2.75, 3.05) is 25.0 Å². The molecule has 1 saturated heterocycles. The van der Waals surface area contributed by atoms with E-state index in [0.717, 1.165) is 44.2 Å². The third-order valence-electron chi connectivity index (χ3n) is 4.14. The van der Waals surface area contributed by atoms with E-state index in [4.69, 9.17) is 0 Å². The van der Waals surface area contributed by atoms with Gasteiger partial charge in [-0.1, -0.05) is 0 Å². The lowest BCUT2D eigenvalue weighted by Crippen LogP contribution is -2.31. The second kappa shape index (κ2) is 5.65. The van der Waals surface area contributed by atoms with Crippen LogP contribution in [0.15, 0.2) is 6.33 Å². The Morgan fingerprint density at radius 3 is 2.89 bits per heavy atom. The number of fused-ring (bicyclic) bond motifs is 1. The first kappa shape index (κ1) is 11.9. The van der Waals surface area contributed by atoms with E-state index in [2.05, 4.69) is 20.6 Å². The number of aromatic nitrogens is 2. The van der Waals surface area contributed by atoms with Gasteiger partial charge in [0.1, 0.15) is 12.1 Å². The minimum Gasteiger partial charge on any atom is -0.369 e. The van der Waals surface area contributed by atoms with Gasteiger partial charge in [-0.25, -0.2) is 9.97 Å². The van der Waals surface area contributed by atoms with Crippen molar-refractivity contribution in [2.45, 2.75) is 38.5 Å². The molecule has 1 fully saturated rings. The molecule has 0 atom stereocenters. The first-order valence-electron chi connectivity index (χ1n) is 7.21. The summed E-state index contributed by atoms with van der Waals surface area (Å²) in [5, 5.41) is 6.97. The standard InChI is InChI=1S/C14H22N4/c1-2-4-13-12(3-1)14(18-10-17-13)16-9-11-5-7-15-8-6-11/h10-11,15H,1-9H2,(H,16,17,18). The van der Waals surface area contributed by atoms with Crippen molar-refractivity contribution >= 4 is 5.82 Å². The Morgan fingerprint density at radius 2 is 2.00 bits per heavy atom. The molecule has 2 aliphatic rings. The number of anilines is 1. The van der Waals surface area contributed by atoms with Gasteiger partial charge in [0.2, 0.25) is 0 Å². The van der Waals surface area contributed by atoms with E-state index >= 15 is 0 Å². The molecule has 2 N–H and O–H groups in total. The Kier molecular flexibility index (Phi) is 3.74. The van der Waals surface area contributed by atoms with Crippen LogP contribution in [0.3, 0.4) is 0 Å². The Bertz CT molecular complexity index is 399. The highest BCUT2D eigenvalue weighted by Crippen LogP contribution is 2.24. The molecule has 4 nitrogen and oxygen atoms in total. The summed E-state index contributed by atoms with van der Waals surface area (Å²) < 4.78 is 0. The zero-order chi connectivity index (χ0) is 12.2. The third-order valence-corrected chi connectivity index (χ3v) is 4.14. The molecule has 18 heavy (non-hydrogen) atoms. The van der Waals surface area contributed by atoms with Gasteiger partial charge in [0.25, 0.3) is 0 Å². The van der Waals surface area contributed by atoms with Gasteiger partial charge in [-0.05, 0) is 57.5 Å². The molecular weight excluding hydrogens is 224 g/mol. The molecule has 3 rings (SSSR count). The van der Waals surface area contributed by atoms with Gasteiger partial charge in [-0.15, -0.1) is 0 Å². The summed E-state index contributed by atoms with van der Waals surface area (Å²) in [7, 11) is 0. The van der Waals surface area contributed by atoms with E-state index < -0.39 is 0 Å². The van der Waals surface area contributed by atoms with Gasteiger partial charge in [-0.2, -0.15) is 0 Å². The summed E-state index contributed by atoms with van der Waals surface area (Å²) in [6.07, 6.45) is 9.10. The number of nitrogens with zero attached hydrogens (tertiary/aromatic N) is 2. The van der Waals surface area contributed by atoms with Crippen LogP contribution in [0.4, 0.5) is 5.82 Å². The van der Waals surface area contributed by atoms with E-state index in [9.17, 15) is 0 Å². The van der Waals surface area contributed by atoms with Gasteiger partial charge in [-0.3, -0.25) is 0 Å². The van der Waals surface area contributed by atoms with Gasteiger partial charge in [0, 0.05) is 17.8 Å². The lowest BCUT2D eigenvalue weighted by atomic mass is 9.95. The minimum absolute atomic E-state index is 0.792. The summed E-state index contributed by atoms with van der Waals surface area (Å²) in [6.45, 7) is 3.38. The topological polar surface area (TPSA) is 49.8 Å². The van der Waals surface area contributed by atoms with E-state index in [1.165, 1.54) is 36.9 Å². The van der Waals surface area contributed by atoms with E-state index in [1.807, 2.05) is 0 Å². The smallest absolute Gasteiger partial charge is 0.132 e. The molecule has 1 aliphatic carbocycles. The molecule has 0 spiro atoms. The monoisotopic (exact) mass is 246 g/mol. The Labute approximate surface area is 109 Å². The summed E-state index contributed by atoms with van der Waals surface area (Å²) in [5.74, 6) is 1.89. The van der Waals surface area contributed by atoms with Crippen molar-refractivity contribution in [3.05, 3.63) is 17.6 Å². The van der Waals surface area contributed by atoms with Crippen LogP contribution in [0.1, 0.15) is 36.9 Å². The SMILES string of the molecule is c1nc2c(c(NCC3CCNCC3)n1)CCCC2. The van der Waals surface area contributed by atoms with Crippen LogP contribution in [0, 0.1) is 5.92 Å². The van der Waals surface area contributed by atoms with Crippen molar-refractivity contribution in [1.82, 2.24) is 15.3 Å². The molecule has 1 aromatic heterocycles. The molecule has 1 aromatic rings. The highest BCUT2D eigenvalue weighted by Gasteiger charge is 2.17. The van der Waals surface area contributed by atoms with Gasteiger partial charge in [0.05, 0.1) is 0 Å². The molecule has 0 bridgehead atoms. The Balaban J connectivity index is 1.65. The largest absolute Gasteiger partial charge is 0.369 e. The number of nitrogens with one attached hydrogen (secondary N) is 2. The van der Waals surface area contributed by atoms with Crippen molar-refractivity contribution in [2.24, 2.45) is 5.92 Å². The summed E-state index contributed by atoms with van der Waals surface area (Å²) >= 11 is 0. The van der Waals surface area contributed by atoms with Gasteiger partial charge in [0.15, 0.2) is 0 Å². The van der Waals surface area contributed by atoms with Crippen LogP contribution in [-0.2, 0) is 12.8 Å². The van der Waals surface area contributed by atoms with Crippen LogP contribution in [-0.4, -0.2) is 29.6 Å². The molecule has 2 heterocycles. The van der Waals surface area contributed by atoms with E-state index in [-0.39, 0.29) is 0 Å². The van der Waals surface area contributed by atoms with Crippen LogP contribution >= 0.6 is 0 Å². The van der Waals surface area contributed by atoms with Crippen molar-refractivity contribution in [1.29, 1.82) is 0 Å². The molecule has 0 radical (unpaired) electrons. The van der Waals surface area contributed by atoms with Crippen molar-refractivity contribution in [3.63, 3.8) is 0 Å². The van der Waals surface area contributed by atoms with Crippen LogP contribution in [0.5, 0.6) is 0 Å². The second-order valence-corrected chi connectivity index (χ2v) is 5.43. The summed E-state index contributed by atoms with van der Waals surface area (Å²) in [6, 6.07) is 0. The predicted octanol–water partition coefficient (Wildman–Crippen LogP) is 1.77. The molecule has 1 aliphatic heterocycles. The number of hydrogen-bond acceptors (Lipinski definition) is 4. The molecule has 0 unspecified atom stereocenters. The Morgan fingerprint density at radius 1 is 1.17 bits per heavy atom. The Hall–Kier alpha value is -1.16. The predicted molar refractivity (Wildman–Crippen MR) is 72.8 cm³/mol. The lowest BCUT2D eigenvalue weighted by molar-refractivity contribution is 0.389. The molecular formula is C14H22N4. The van der Waals surface area contributed by atoms with Crippen molar-refractivity contribution < 1.29 is 0 Å². The maximum atomic E-state index is 4.44. The quantitative estimate of drug-likeness (QED) is 0.853. The van der Waals surface area contributed by atoms with E-state index in [0.29, 0.717) is 0 Å². The second-order valence-electron chi connectivity index (χ2n) is 5.43. The number of aryl methyl sites for hydroxylation is 1. The molecule has 4 heteroatoms. The maximum Gasteiger partial charge on any atom is 0.132 e. The number of rotatable bonds is 3.